The molecule has 1 atom stereocenters. The predicted octanol–water partition coefficient (Wildman–Crippen LogP) is 1.63. The second-order valence-electron chi connectivity index (χ2n) is 6.70. The number of aliphatic hydroxyl groups excluding tert-OH is 1. The number of aliphatic hydroxyl groups is 1. The number of benzene rings is 1. The molecule has 1 heterocycles. The number of nitrogens with zero attached hydrogens (tertiary/aromatic N) is 2. The molecule has 1 saturated heterocycles. The molecule has 6 nitrogen and oxygen atoms in total. The van der Waals surface area contributed by atoms with Gasteiger partial charge in [0, 0.05) is 13.1 Å². The number of ether oxygens (including phenoxy) is 1. The van der Waals surface area contributed by atoms with Crippen molar-refractivity contribution in [3.63, 3.8) is 0 Å². The van der Waals surface area contributed by atoms with E-state index in [-0.39, 0.29) is 25.6 Å². The quantitative estimate of drug-likeness (QED) is 0.919. The first kappa shape index (κ1) is 17.3. The third-order valence-corrected chi connectivity index (χ3v) is 3.58. The highest BCUT2D eigenvalue weighted by molar-refractivity contribution is 5.84. The maximum absolute atomic E-state index is 12.4. The zero-order chi connectivity index (χ0) is 17.0. The first-order chi connectivity index (χ1) is 10.8. The van der Waals surface area contributed by atoms with Crippen LogP contribution in [0, 0.1) is 0 Å². The van der Waals surface area contributed by atoms with Gasteiger partial charge in [0.2, 0.25) is 5.91 Å². The maximum atomic E-state index is 12.4. The molecule has 0 saturated carbocycles. The lowest BCUT2D eigenvalue weighted by molar-refractivity contribution is -0.141. The van der Waals surface area contributed by atoms with E-state index in [2.05, 4.69) is 0 Å². The van der Waals surface area contributed by atoms with Crippen molar-refractivity contribution in [2.75, 3.05) is 19.7 Å². The van der Waals surface area contributed by atoms with E-state index in [9.17, 15) is 14.7 Å². The third kappa shape index (κ3) is 4.69. The van der Waals surface area contributed by atoms with Crippen molar-refractivity contribution in [2.24, 2.45) is 0 Å². The largest absolute Gasteiger partial charge is 0.444 e. The SMILES string of the molecule is CC(C)(C)OC(=O)N1CC(=O)N(Cc2ccccc2)C(CO)C1. The van der Waals surface area contributed by atoms with Gasteiger partial charge in [-0.3, -0.25) is 9.69 Å². The summed E-state index contributed by atoms with van der Waals surface area (Å²) in [6.45, 7) is 5.80. The van der Waals surface area contributed by atoms with Gasteiger partial charge in [0.1, 0.15) is 12.1 Å². The summed E-state index contributed by atoms with van der Waals surface area (Å²) in [6.07, 6.45) is -0.524. The average molecular weight is 320 g/mol. The maximum Gasteiger partial charge on any atom is 0.410 e. The predicted molar refractivity (Wildman–Crippen MR) is 85.7 cm³/mol. The summed E-state index contributed by atoms with van der Waals surface area (Å²) in [6, 6.07) is 9.17. The van der Waals surface area contributed by atoms with Crippen LogP contribution in [0.1, 0.15) is 26.3 Å². The Bertz CT molecular complexity index is 553. The van der Waals surface area contributed by atoms with Crippen LogP contribution >= 0.6 is 0 Å². The lowest BCUT2D eigenvalue weighted by Gasteiger charge is -2.40. The lowest BCUT2D eigenvalue weighted by atomic mass is 10.1. The zero-order valence-corrected chi connectivity index (χ0v) is 13.9. The van der Waals surface area contributed by atoms with Crippen LogP contribution in [-0.2, 0) is 16.1 Å². The molecule has 1 aliphatic rings. The van der Waals surface area contributed by atoms with E-state index in [1.54, 1.807) is 25.7 Å². The molecule has 2 rings (SSSR count). The zero-order valence-electron chi connectivity index (χ0n) is 13.9. The summed E-state index contributed by atoms with van der Waals surface area (Å²) in [5.74, 6) is -0.190. The Morgan fingerprint density at radius 3 is 2.52 bits per heavy atom. The fourth-order valence-electron chi connectivity index (χ4n) is 2.49. The van der Waals surface area contributed by atoms with Gasteiger partial charge in [-0.1, -0.05) is 30.3 Å². The third-order valence-electron chi connectivity index (χ3n) is 3.58. The smallest absolute Gasteiger partial charge is 0.410 e. The van der Waals surface area contributed by atoms with Crippen LogP contribution in [-0.4, -0.2) is 58.2 Å². The highest BCUT2D eigenvalue weighted by Gasteiger charge is 2.36. The Balaban J connectivity index is 2.06. The summed E-state index contributed by atoms with van der Waals surface area (Å²) < 4.78 is 5.31. The number of hydrogen-bond acceptors (Lipinski definition) is 4. The van der Waals surface area contributed by atoms with E-state index < -0.39 is 17.7 Å². The second kappa shape index (κ2) is 7.00. The van der Waals surface area contributed by atoms with Gasteiger partial charge in [-0.15, -0.1) is 0 Å². The molecule has 1 N–H and O–H groups in total. The normalized spacial score (nSPS) is 19.0. The minimum atomic E-state index is -0.615. The lowest BCUT2D eigenvalue weighted by Crippen LogP contribution is -2.59. The summed E-state index contributed by atoms with van der Waals surface area (Å²) in [5, 5.41) is 9.62. The second-order valence-corrected chi connectivity index (χ2v) is 6.70. The molecule has 126 valence electrons. The first-order valence-corrected chi connectivity index (χ1v) is 7.72. The van der Waals surface area contributed by atoms with Gasteiger partial charge < -0.3 is 14.7 Å². The topological polar surface area (TPSA) is 70.1 Å². The van der Waals surface area contributed by atoms with Crippen LogP contribution in [0.2, 0.25) is 0 Å². The number of carbonyl (C=O) groups excluding carboxylic acids is 2. The van der Waals surface area contributed by atoms with Gasteiger partial charge in [-0.25, -0.2) is 4.79 Å². The molecule has 1 unspecified atom stereocenters. The standard InChI is InChI=1S/C17H24N2O4/c1-17(2,3)23-16(22)18-10-14(12-20)19(15(21)11-18)9-13-7-5-4-6-8-13/h4-8,14,20H,9-12H2,1-3H3. The Morgan fingerprint density at radius 1 is 1.30 bits per heavy atom. The van der Waals surface area contributed by atoms with Crippen molar-refractivity contribution in [3.05, 3.63) is 35.9 Å². The van der Waals surface area contributed by atoms with E-state index >= 15 is 0 Å². The summed E-state index contributed by atoms with van der Waals surface area (Å²) >= 11 is 0. The van der Waals surface area contributed by atoms with Gasteiger partial charge >= 0.3 is 6.09 Å². The number of rotatable bonds is 3. The van der Waals surface area contributed by atoms with Crippen molar-refractivity contribution in [3.8, 4) is 0 Å². The van der Waals surface area contributed by atoms with Crippen LogP contribution in [0.25, 0.3) is 0 Å². The Labute approximate surface area is 136 Å². The Hall–Kier alpha value is -2.08. The van der Waals surface area contributed by atoms with Gasteiger partial charge in [0.05, 0.1) is 12.6 Å². The molecule has 0 aliphatic carbocycles. The Morgan fingerprint density at radius 2 is 1.96 bits per heavy atom. The van der Waals surface area contributed by atoms with Gasteiger partial charge in [-0.05, 0) is 26.3 Å². The van der Waals surface area contributed by atoms with Crippen molar-refractivity contribution < 1.29 is 19.4 Å². The van der Waals surface area contributed by atoms with E-state index in [1.807, 2.05) is 30.3 Å². The number of piperazine rings is 1. The van der Waals surface area contributed by atoms with Gasteiger partial charge in [0.25, 0.3) is 0 Å². The van der Waals surface area contributed by atoms with E-state index in [4.69, 9.17) is 4.74 Å². The molecular weight excluding hydrogens is 296 g/mol. The van der Waals surface area contributed by atoms with E-state index in [0.29, 0.717) is 6.54 Å². The average Bonchev–Trinajstić information content (AvgIpc) is 2.48. The fraction of sp³-hybridized carbons (Fsp3) is 0.529. The van der Waals surface area contributed by atoms with E-state index in [1.165, 1.54) is 4.90 Å². The van der Waals surface area contributed by atoms with Crippen LogP contribution < -0.4 is 0 Å². The van der Waals surface area contributed by atoms with Gasteiger partial charge in [0.15, 0.2) is 0 Å². The van der Waals surface area contributed by atoms with Crippen LogP contribution in [0.15, 0.2) is 30.3 Å². The van der Waals surface area contributed by atoms with Crippen molar-refractivity contribution in [2.45, 2.75) is 39.0 Å². The molecule has 0 spiro atoms. The molecule has 1 fully saturated rings. The Kier molecular flexibility index (Phi) is 5.26. The number of amides is 2. The van der Waals surface area contributed by atoms with Crippen molar-refractivity contribution in [1.29, 1.82) is 0 Å². The summed E-state index contributed by atoms with van der Waals surface area (Å²) in [7, 11) is 0. The number of hydrogen-bond donors (Lipinski definition) is 1. The molecule has 0 radical (unpaired) electrons. The van der Waals surface area contributed by atoms with Gasteiger partial charge in [-0.2, -0.15) is 0 Å². The fourth-order valence-corrected chi connectivity index (χ4v) is 2.49. The first-order valence-electron chi connectivity index (χ1n) is 7.72. The summed E-state index contributed by atoms with van der Waals surface area (Å²) in [5.41, 5.74) is 0.376. The van der Waals surface area contributed by atoms with Crippen LogP contribution in [0.4, 0.5) is 4.79 Å². The van der Waals surface area contributed by atoms with Crippen molar-refractivity contribution >= 4 is 12.0 Å². The monoisotopic (exact) mass is 320 g/mol. The molecule has 23 heavy (non-hydrogen) atoms. The van der Waals surface area contributed by atoms with Crippen molar-refractivity contribution in [1.82, 2.24) is 9.80 Å². The molecular formula is C17H24N2O4. The molecule has 1 aromatic rings. The molecule has 0 aromatic heterocycles. The molecule has 2 amide bonds. The molecule has 0 bridgehead atoms. The molecule has 1 aromatic carbocycles. The number of carbonyl (C=O) groups is 2. The van der Waals surface area contributed by atoms with Crippen LogP contribution in [0.3, 0.4) is 0 Å². The van der Waals surface area contributed by atoms with E-state index in [0.717, 1.165) is 5.56 Å². The minimum absolute atomic E-state index is 0.0295. The van der Waals surface area contributed by atoms with Crippen LogP contribution in [0.5, 0.6) is 0 Å². The summed E-state index contributed by atoms with van der Waals surface area (Å²) in [4.78, 5) is 27.5. The minimum Gasteiger partial charge on any atom is -0.444 e. The highest BCUT2D eigenvalue weighted by Crippen LogP contribution is 2.18. The molecule has 1 aliphatic heterocycles. The molecule has 6 heteroatoms. The highest BCUT2D eigenvalue weighted by atomic mass is 16.6.